The number of methoxy groups -OCH3 is 1. The maximum atomic E-state index is 11.7. The summed E-state index contributed by atoms with van der Waals surface area (Å²) in [6.07, 6.45) is 1.89. The molecule has 7 nitrogen and oxygen atoms in total. The molecule has 7 heteroatoms. The first kappa shape index (κ1) is 17.6. The predicted octanol–water partition coefficient (Wildman–Crippen LogP) is 4.17. The number of carbonyl (C=O) groups is 1. The number of rotatable bonds is 6. The van der Waals surface area contributed by atoms with Crippen molar-refractivity contribution in [3.05, 3.63) is 53.9 Å². The number of imidazole rings is 1. The molecule has 0 spiro atoms. The highest BCUT2D eigenvalue weighted by Gasteiger charge is 2.16. The number of carbonyl (C=O) groups excluding carboxylic acids is 1. The number of benzene rings is 1. The number of esters is 1. The van der Waals surface area contributed by atoms with Crippen molar-refractivity contribution in [2.45, 2.75) is 20.3 Å². The average Bonchev–Trinajstić information content (AvgIpc) is 2.97. The van der Waals surface area contributed by atoms with Crippen LogP contribution in [0.5, 0.6) is 5.75 Å². The van der Waals surface area contributed by atoms with Gasteiger partial charge in [-0.2, -0.15) is 0 Å². The van der Waals surface area contributed by atoms with Crippen LogP contribution in [0.15, 0.2) is 52.8 Å². The average molecular weight is 352 g/mol. The maximum absolute atomic E-state index is 11.7. The van der Waals surface area contributed by atoms with Gasteiger partial charge < -0.3 is 9.47 Å². The van der Waals surface area contributed by atoms with Crippen LogP contribution >= 0.6 is 0 Å². The molecule has 0 saturated heterocycles. The quantitative estimate of drug-likeness (QED) is 0.493. The Morgan fingerprint density at radius 2 is 2.04 bits per heavy atom. The van der Waals surface area contributed by atoms with E-state index in [-0.39, 0.29) is 12.4 Å². The molecule has 0 N–H and O–H groups in total. The maximum Gasteiger partial charge on any atom is 0.311 e. The van der Waals surface area contributed by atoms with Gasteiger partial charge in [-0.1, -0.05) is 12.1 Å². The first-order valence-electron chi connectivity index (χ1n) is 8.30. The predicted molar refractivity (Wildman–Crippen MR) is 97.4 cm³/mol. The minimum atomic E-state index is -0.378. The lowest BCUT2D eigenvalue weighted by Gasteiger charge is -2.05. The second-order valence-electron chi connectivity index (χ2n) is 5.67. The molecule has 2 heterocycles. The van der Waals surface area contributed by atoms with Crippen LogP contribution in [0, 0.1) is 6.92 Å². The molecule has 134 valence electrons. The van der Waals surface area contributed by atoms with Gasteiger partial charge in [0.25, 0.3) is 0 Å². The highest BCUT2D eigenvalue weighted by molar-refractivity contribution is 5.74. The van der Waals surface area contributed by atoms with Crippen LogP contribution < -0.4 is 4.74 Å². The van der Waals surface area contributed by atoms with Crippen molar-refractivity contribution in [1.82, 2.24) is 9.38 Å². The van der Waals surface area contributed by atoms with Crippen LogP contribution in [-0.4, -0.2) is 29.1 Å². The molecule has 26 heavy (non-hydrogen) atoms. The SMILES string of the molecule is CCOc1ccccc1N=Nc1c(CC(=O)OC)nc2cc(C)ccn12. The third-order valence-electron chi connectivity index (χ3n) is 3.78. The van der Waals surface area contributed by atoms with Crippen molar-refractivity contribution in [3.8, 4) is 5.75 Å². The normalized spacial score (nSPS) is 11.2. The van der Waals surface area contributed by atoms with Gasteiger partial charge in [-0.15, -0.1) is 10.2 Å². The highest BCUT2D eigenvalue weighted by Crippen LogP contribution is 2.30. The molecule has 0 aliphatic heterocycles. The van der Waals surface area contributed by atoms with Crippen LogP contribution in [0.1, 0.15) is 18.2 Å². The zero-order chi connectivity index (χ0) is 18.5. The van der Waals surface area contributed by atoms with Gasteiger partial charge in [0.05, 0.1) is 25.8 Å². The highest BCUT2D eigenvalue weighted by atomic mass is 16.5. The summed E-state index contributed by atoms with van der Waals surface area (Å²) < 4.78 is 12.1. The Hall–Kier alpha value is -3.22. The Morgan fingerprint density at radius 3 is 2.81 bits per heavy atom. The largest absolute Gasteiger partial charge is 0.492 e. The molecule has 0 saturated carbocycles. The summed E-state index contributed by atoms with van der Waals surface area (Å²) in [7, 11) is 1.35. The smallest absolute Gasteiger partial charge is 0.311 e. The Kier molecular flexibility index (Phi) is 5.26. The Morgan fingerprint density at radius 1 is 1.23 bits per heavy atom. The first-order chi connectivity index (χ1) is 12.6. The van der Waals surface area contributed by atoms with E-state index in [4.69, 9.17) is 9.47 Å². The number of para-hydroxylation sites is 1. The Balaban J connectivity index is 2.05. The summed E-state index contributed by atoms with van der Waals surface area (Å²) in [4.78, 5) is 16.2. The van der Waals surface area contributed by atoms with Gasteiger partial charge in [0.1, 0.15) is 17.1 Å². The van der Waals surface area contributed by atoms with E-state index in [1.54, 1.807) is 4.40 Å². The van der Waals surface area contributed by atoms with Gasteiger partial charge in [-0.25, -0.2) is 4.98 Å². The van der Waals surface area contributed by atoms with E-state index in [0.29, 0.717) is 35.2 Å². The van der Waals surface area contributed by atoms with Gasteiger partial charge in [-0.3, -0.25) is 9.20 Å². The fourth-order valence-electron chi connectivity index (χ4n) is 2.53. The van der Waals surface area contributed by atoms with E-state index < -0.39 is 0 Å². The number of hydrogen-bond donors (Lipinski definition) is 0. The standard InChI is InChI=1S/C19H20N4O3/c1-4-26-16-8-6-5-7-14(16)21-22-19-15(12-18(24)25-3)20-17-11-13(2)9-10-23(17)19/h5-11H,4,12H2,1-3H3. The third kappa shape index (κ3) is 3.72. The number of aryl methyl sites for hydroxylation is 1. The van der Waals surface area contributed by atoms with E-state index in [2.05, 4.69) is 15.2 Å². The fraction of sp³-hybridized carbons (Fsp3) is 0.263. The molecular weight excluding hydrogens is 332 g/mol. The lowest BCUT2D eigenvalue weighted by Crippen LogP contribution is -2.04. The minimum Gasteiger partial charge on any atom is -0.492 e. The van der Waals surface area contributed by atoms with E-state index >= 15 is 0 Å². The summed E-state index contributed by atoms with van der Waals surface area (Å²) in [6.45, 7) is 4.43. The molecule has 3 rings (SSSR count). The molecule has 0 unspecified atom stereocenters. The molecule has 0 radical (unpaired) electrons. The lowest BCUT2D eigenvalue weighted by molar-refractivity contribution is -0.139. The van der Waals surface area contributed by atoms with E-state index in [1.807, 2.05) is 56.4 Å². The number of azo groups is 1. The second kappa shape index (κ2) is 7.77. The van der Waals surface area contributed by atoms with Crippen LogP contribution in [0.4, 0.5) is 11.5 Å². The van der Waals surface area contributed by atoms with Gasteiger partial charge >= 0.3 is 5.97 Å². The minimum absolute atomic E-state index is 0.0265. The topological polar surface area (TPSA) is 77.5 Å². The first-order valence-corrected chi connectivity index (χ1v) is 8.30. The van der Waals surface area contributed by atoms with Crippen molar-refractivity contribution >= 4 is 23.1 Å². The van der Waals surface area contributed by atoms with Gasteiger partial charge in [0, 0.05) is 6.20 Å². The molecule has 3 aromatic rings. The molecule has 0 fully saturated rings. The number of fused-ring (bicyclic) bond motifs is 1. The van der Waals surface area contributed by atoms with Crippen LogP contribution in [-0.2, 0) is 16.0 Å². The molecule has 0 aliphatic rings. The molecule has 0 aliphatic carbocycles. The van der Waals surface area contributed by atoms with Crippen molar-refractivity contribution in [2.75, 3.05) is 13.7 Å². The van der Waals surface area contributed by atoms with Crippen LogP contribution in [0.25, 0.3) is 5.65 Å². The zero-order valence-electron chi connectivity index (χ0n) is 15.0. The van der Waals surface area contributed by atoms with E-state index in [9.17, 15) is 4.79 Å². The number of nitrogens with zero attached hydrogens (tertiary/aromatic N) is 4. The summed E-state index contributed by atoms with van der Waals surface area (Å²) >= 11 is 0. The Bertz CT molecular complexity index is 963. The van der Waals surface area contributed by atoms with Crippen molar-refractivity contribution < 1.29 is 14.3 Å². The molecule has 2 aromatic heterocycles. The Labute approximate surface area is 151 Å². The van der Waals surface area contributed by atoms with Gasteiger partial charge in [0.2, 0.25) is 0 Å². The lowest BCUT2D eigenvalue weighted by atomic mass is 10.3. The summed E-state index contributed by atoms with van der Waals surface area (Å²) in [5.74, 6) is 0.769. The van der Waals surface area contributed by atoms with Crippen molar-refractivity contribution in [1.29, 1.82) is 0 Å². The van der Waals surface area contributed by atoms with Gasteiger partial charge in [-0.05, 0) is 43.7 Å². The molecule has 0 amide bonds. The molecule has 0 atom stereocenters. The molecule has 1 aromatic carbocycles. The fourth-order valence-corrected chi connectivity index (χ4v) is 2.53. The van der Waals surface area contributed by atoms with Crippen molar-refractivity contribution in [3.63, 3.8) is 0 Å². The van der Waals surface area contributed by atoms with Crippen molar-refractivity contribution in [2.24, 2.45) is 10.2 Å². The van der Waals surface area contributed by atoms with Gasteiger partial charge in [0.15, 0.2) is 5.82 Å². The van der Waals surface area contributed by atoms with E-state index in [0.717, 1.165) is 5.56 Å². The molecule has 0 bridgehead atoms. The number of aromatic nitrogens is 2. The number of hydrogen-bond acceptors (Lipinski definition) is 6. The number of pyridine rings is 1. The number of ether oxygens (including phenoxy) is 2. The zero-order valence-corrected chi connectivity index (χ0v) is 15.0. The summed E-state index contributed by atoms with van der Waals surface area (Å²) in [6, 6.07) is 11.3. The third-order valence-corrected chi connectivity index (χ3v) is 3.78. The summed E-state index contributed by atoms with van der Waals surface area (Å²) in [5, 5.41) is 8.68. The molecular formula is C19H20N4O3. The second-order valence-corrected chi connectivity index (χ2v) is 5.67. The summed E-state index contributed by atoms with van der Waals surface area (Å²) in [5.41, 5.74) is 2.90. The van der Waals surface area contributed by atoms with Crippen LogP contribution in [0.3, 0.4) is 0 Å². The monoisotopic (exact) mass is 352 g/mol. The van der Waals surface area contributed by atoms with E-state index in [1.165, 1.54) is 7.11 Å². The van der Waals surface area contributed by atoms with Crippen LogP contribution in [0.2, 0.25) is 0 Å².